The molecule has 0 heterocycles. The molecule has 3 saturated carbocycles. The lowest BCUT2D eigenvalue weighted by atomic mass is 9.61. The summed E-state index contributed by atoms with van der Waals surface area (Å²) in [4.78, 5) is 0. The van der Waals surface area contributed by atoms with Crippen LogP contribution in [-0.4, -0.2) is 11.2 Å². The Hall–Kier alpha value is -0.820. The molecule has 3 rings (SSSR count). The standard InChI is InChI=1S/C24H38O/c1-6-16(2)21-11-12-22-20(8-7-13-24(21,22)5)10-9-19-14-17(3)18(4)23(25)15-19/h9-10,16-17,21-23,25H,4,6-8,11-15H2,1-3,5H3/b19-9+,20-10+/t16-,17+,21?,22?,23+,24+/m0/s1. The number of allylic oxidation sites excluding steroid dienone is 3. The monoisotopic (exact) mass is 342 g/mol. The second-order valence-corrected chi connectivity index (χ2v) is 9.45. The van der Waals surface area contributed by atoms with E-state index in [2.05, 4.69) is 46.4 Å². The molecular formula is C24H38O. The molecule has 2 unspecified atom stereocenters. The highest BCUT2D eigenvalue weighted by Crippen LogP contribution is 2.59. The van der Waals surface area contributed by atoms with Gasteiger partial charge in [-0.05, 0) is 79.6 Å². The van der Waals surface area contributed by atoms with Crippen molar-refractivity contribution in [3.63, 3.8) is 0 Å². The first kappa shape index (κ1) is 19.0. The highest BCUT2D eigenvalue weighted by Gasteiger charge is 2.50. The fourth-order valence-corrected chi connectivity index (χ4v) is 6.18. The molecule has 3 aliphatic rings. The summed E-state index contributed by atoms with van der Waals surface area (Å²) in [7, 11) is 0. The van der Waals surface area contributed by atoms with Gasteiger partial charge in [-0.1, -0.05) is 64.0 Å². The Morgan fingerprint density at radius 2 is 2.04 bits per heavy atom. The first-order valence-corrected chi connectivity index (χ1v) is 10.6. The topological polar surface area (TPSA) is 20.2 Å². The van der Waals surface area contributed by atoms with E-state index in [1.54, 1.807) is 5.57 Å². The number of fused-ring (bicyclic) bond motifs is 1. The van der Waals surface area contributed by atoms with Crippen molar-refractivity contribution >= 4 is 0 Å². The number of hydrogen-bond acceptors (Lipinski definition) is 1. The van der Waals surface area contributed by atoms with E-state index in [0.717, 1.165) is 36.2 Å². The zero-order valence-electron chi connectivity index (χ0n) is 16.9. The second-order valence-electron chi connectivity index (χ2n) is 9.45. The SMILES string of the molecule is C=C1[C@H](C)C/C(=C\C=C2/CCC[C@@]3(C)C2CCC3[C@@H](C)CC)C[C@H]1O. The Balaban J connectivity index is 1.78. The largest absolute Gasteiger partial charge is 0.388 e. The predicted octanol–water partition coefficient (Wildman–Crippen LogP) is 6.45. The molecule has 6 atom stereocenters. The van der Waals surface area contributed by atoms with Gasteiger partial charge >= 0.3 is 0 Å². The molecule has 1 N–H and O–H groups in total. The third kappa shape index (κ3) is 3.54. The van der Waals surface area contributed by atoms with Crippen LogP contribution in [0, 0.1) is 29.1 Å². The summed E-state index contributed by atoms with van der Waals surface area (Å²) >= 11 is 0. The second kappa shape index (κ2) is 7.43. The average Bonchev–Trinajstić information content (AvgIpc) is 2.94. The minimum atomic E-state index is -0.341. The maximum atomic E-state index is 10.2. The van der Waals surface area contributed by atoms with E-state index in [-0.39, 0.29) is 6.10 Å². The molecule has 3 aliphatic carbocycles. The first-order valence-electron chi connectivity index (χ1n) is 10.6. The van der Waals surface area contributed by atoms with Gasteiger partial charge in [0, 0.05) is 0 Å². The van der Waals surface area contributed by atoms with Crippen LogP contribution in [0.25, 0.3) is 0 Å². The average molecular weight is 343 g/mol. The van der Waals surface area contributed by atoms with E-state index in [1.165, 1.54) is 44.1 Å². The van der Waals surface area contributed by atoms with E-state index < -0.39 is 0 Å². The molecule has 0 saturated heterocycles. The van der Waals surface area contributed by atoms with E-state index >= 15 is 0 Å². The Morgan fingerprint density at radius 3 is 2.72 bits per heavy atom. The summed E-state index contributed by atoms with van der Waals surface area (Å²) in [5.74, 6) is 2.95. The van der Waals surface area contributed by atoms with Crippen LogP contribution >= 0.6 is 0 Å². The fraction of sp³-hybridized carbons (Fsp3) is 0.750. The summed E-state index contributed by atoms with van der Waals surface area (Å²) in [6.45, 7) is 13.7. The van der Waals surface area contributed by atoms with Crippen LogP contribution in [0.15, 0.2) is 35.5 Å². The molecule has 0 aromatic heterocycles. The summed E-state index contributed by atoms with van der Waals surface area (Å²) < 4.78 is 0. The van der Waals surface area contributed by atoms with Crippen LogP contribution < -0.4 is 0 Å². The third-order valence-corrected chi connectivity index (χ3v) is 7.99. The van der Waals surface area contributed by atoms with Gasteiger partial charge in [-0.2, -0.15) is 0 Å². The number of rotatable bonds is 3. The van der Waals surface area contributed by atoms with Gasteiger partial charge in [-0.25, -0.2) is 0 Å². The summed E-state index contributed by atoms with van der Waals surface area (Å²) in [6.07, 6.45) is 14.5. The van der Waals surface area contributed by atoms with Crippen LogP contribution in [0.3, 0.4) is 0 Å². The van der Waals surface area contributed by atoms with Crippen molar-refractivity contribution in [2.45, 2.75) is 85.2 Å². The van der Waals surface area contributed by atoms with Crippen LogP contribution in [0.5, 0.6) is 0 Å². The molecule has 140 valence electrons. The fourth-order valence-electron chi connectivity index (χ4n) is 6.18. The molecule has 0 amide bonds. The molecule has 1 nitrogen and oxygen atoms in total. The number of aliphatic hydroxyl groups excluding tert-OH is 1. The normalized spacial score (nSPS) is 43.5. The zero-order valence-corrected chi connectivity index (χ0v) is 16.9. The van der Waals surface area contributed by atoms with Gasteiger partial charge in [0.1, 0.15) is 0 Å². The lowest BCUT2D eigenvalue weighted by molar-refractivity contribution is 0.0961. The smallest absolute Gasteiger partial charge is 0.0787 e. The Labute approximate surface area is 155 Å². The Kier molecular flexibility index (Phi) is 5.63. The van der Waals surface area contributed by atoms with Crippen molar-refractivity contribution in [3.8, 4) is 0 Å². The summed E-state index contributed by atoms with van der Waals surface area (Å²) in [5.41, 5.74) is 4.63. The molecular weight excluding hydrogens is 304 g/mol. The Morgan fingerprint density at radius 1 is 1.28 bits per heavy atom. The van der Waals surface area contributed by atoms with Crippen molar-refractivity contribution < 1.29 is 5.11 Å². The van der Waals surface area contributed by atoms with Crippen LogP contribution in [-0.2, 0) is 0 Å². The highest BCUT2D eigenvalue weighted by molar-refractivity contribution is 5.28. The zero-order chi connectivity index (χ0) is 18.2. The van der Waals surface area contributed by atoms with E-state index in [4.69, 9.17) is 0 Å². The van der Waals surface area contributed by atoms with Crippen molar-refractivity contribution in [1.82, 2.24) is 0 Å². The van der Waals surface area contributed by atoms with E-state index in [9.17, 15) is 5.11 Å². The minimum Gasteiger partial charge on any atom is -0.388 e. The molecule has 0 aromatic carbocycles. The molecule has 0 aliphatic heterocycles. The highest BCUT2D eigenvalue weighted by atomic mass is 16.3. The maximum absolute atomic E-state index is 10.2. The van der Waals surface area contributed by atoms with Gasteiger partial charge in [0.25, 0.3) is 0 Å². The lowest BCUT2D eigenvalue weighted by Crippen LogP contribution is -2.35. The van der Waals surface area contributed by atoms with Gasteiger partial charge in [-0.3, -0.25) is 0 Å². The first-order chi connectivity index (χ1) is 11.9. The van der Waals surface area contributed by atoms with Gasteiger partial charge in [0.15, 0.2) is 0 Å². The Bertz CT molecular complexity index is 553. The molecule has 1 heteroatoms. The van der Waals surface area contributed by atoms with Crippen molar-refractivity contribution in [3.05, 3.63) is 35.5 Å². The summed E-state index contributed by atoms with van der Waals surface area (Å²) in [6, 6.07) is 0. The molecule has 0 bridgehead atoms. The quantitative estimate of drug-likeness (QED) is 0.584. The molecule has 25 heavy (non-hydrogen) atoms. The van der Waals surface area contributed by atoms with Crippen LogP contribution in [0.2, 0.25) is 0 Å². The van der Waals surface area contributed by atoms with E-state index in [1.807, 2.05) is 0 Å². The molecule has 0 spiro atoms. The lowest BCUT2D eigenvalue weighted by Gasteiger charge is -2.44. The van der Waals surface area contributed by atoms with E-state index in [0.29, 0.717) is 11.3 Å². The van der Waals surface area contributed by atoms with Gasteiger partial charge in [0.2, 0.25) is 0 Å². The molecule has 0 radical (unpaired) electrons. The van der Waals surface area contributed by atoms with Crippen molar-refractivity contribution in [2.75, 3.05) is 0 Å². The van der Waals surface area contributed by atoms with Gasteiger partial charge < -0.3 is 5.11 Å². The summed E-state index contributed by atoms with van der Waals surface area (Å²) in [5, 5.41) is 10.2. The van der Waals surface area contributed by atoms with Crippen molar-refractivity contribution in [1.29, 1.82) is 0 Å². The molecule has 3 fully saturated rings. The van der Waals surface area contributed by atoms with Crippen LogP contribution in [0.4, 0.5) is 0 Å². The maximum Gasteiger partial charge on any atom is 0.0787 e. The number of hydrogen-bond donors (Lipinski definition) is 1. The third-order valence-electron chi connectivity index (χ3n) is 7.99. The molecule has 0 aromatic rings. The van der Waals surface area contributed by atoms with Gasteiger partial charge in [0.05, 0.1) is 6.10 Å². The minimum absolute atomic E-state index is 0.341. The van der Waals surface area contributed by atoms with Crippen molar-refractivity contribution in [2.24, 2.45) is 29.1 Å². The predicted molar refractivity (Wildman–Crippen MR) is 107 cm³/mol. The number of aliphatic hydroxyl groups is 1. The van der Waals surface area contributed by atoms with Gasteiger partial charge in [-0.15, -0.1) is 0 Å². The van der Waals surface area contributed by atoms with Crippen LogP contribution in [0.1, 0.15) is 79.1 Å².